The van der Waals surface area contributed by atoms with E-state index in [0.717, 1.165) is 20.7 Å². The second kappa shape index (κ2) is 6.88. The van der Waals surface area contributed by atoms with Crippen LogP contribution >= 0.6 is 34.4 Å². The van der Waals surface area contributed by atoms with Gasteiger partial charge in [-0.25, -0.2) is 5.01 Å². The summed E-state index contributed by atoms with van der Waals surface area (Å²) >= 11 is 4.42. The van der Waals surface area contributed by atoms with Crippen molar-refractivity contribution in [1.29, 1.82) is 0 Å². The van der Waals surface area contributed by atoms with E-state index in [1.807, 2.05) is 29.6 Å². The largest absolute Gasteiger partial charge is 0.467 e. The van der Waals surface area contributed by atoms with E-state index in [-0.39, 0.29) is 17.7 Å². The molecule has 1 unspecified atom stereocenters. The Morgan fingerprint density at radius 3 is 3.04 bits per heavy atom. The number of carbonyl (C=O) groups is 1. The molecule has 3 aromatic heterocycles. The summed E-state index contributed by atoms with van der Waals surface area (Å²) in [4.78, 5) is 13.8. The third kappa shape index (κ3) is 3.14. The molecule has 4 heterocycles. The summed E-state index contributed by atoms with van der Waals surface area (Å²) in [5.41, 5.74) is 2.57. The van der Waals surface area contributed by atoms with Crippen molar-refractivity contribution in [2.75, 3.05) is 5.75 Å². The van der Waals surface area contributed by atoms with Crippen molar-refractivity contribution in [1.82, 2.24) is 15.2 Å². The lowest BCUT2D eigenvalue weighted by Gasteiger charge is -2.19. The maximum atomic E-state index is 12.7. The van der Waals surface area contributed by atoms with Gasteiger partial charge in [0.1, 0.15) is 17.3 Å². The highest BCUT2D eigenvalue weighted by Gasteiger charge is 2.35. The van der Waals surface area contributed by atoms with E-state index in [1.165, 1.54) is 23.1 Å². The number of hydrogen-bond acceptors (Lipinski definition) is 8. The Kier molecular flexibility index (Phi) is 4.46. The first-order valence-corrected chi connectivity index (χ1v) is 9.91. The molecule has 0 radical (unpaired) electrons. The molecule has 0 saturated heterocycles. The summed E-state index contributed by atoms with van der Waals surface area (Å²) in [7, 11) is 0. The number of rotatable bonds is 5. The Morgan fingerprint density at radius 2 is 2.33 bits per heavy atom. The van der Waals surface area contributed by atoms with Gasteiger partial charge in [-0.1, -0.05) is 29.2 Å². The Hall–Kier alpha value is -1.97. The zero-order valence-electron chi connectivity index (χ0n) is 12.4. The number of amides is 1. The predicted octanol–water partition coefficient (Wildman–Crippen LogP) is 3.66. The molecular formula is C15H12N4O2S3. The summed E-state index contributed by atoms with van der Waals surface area (Å²) in [5, 5.41) is 15.9. The van der Waals surface area contributed by atoms with Crippen molar-refractivity contribution in [3.63, 3.8) is 0 Å². The van der Waals surface area contributed by atoms with Crippen molar-refractivity contribution in [3.05, 3.63) is 52.1 Å². The molecule has 122 valence electrons. The number of aromatic nitrogens is 2. The molecular weight excluding hydrogens is 364 g/mol. The molecule has 1 amide bonds. The number of carbonyl (C=O) groups excluding carboxylic acids is 1. The number of hydrogen-bond donors (Lipinski definition) is 0. The molecule has 0 spiro atoms. The van der Waals surface area contributed by atoms with Gasteiger partial charge in [-0.3, -0.25) is 4.79 Å². The first kappa shape index (κ1) is 15.6. The Bertz CT molecular complexity index is 828. The summed E-state index contributed by atoms with van der Waals surface area (Å²) in [6.07, 6.45) is 2.28. The maximum absolute atomic E-state index is 12.7. The van der Waals surface area contributed by atoms with Gasteiger partial charge >= 0.3 is 0 Å². The number of thioether (sulfide) groups is 1. The van der Waals surface area contributed by atoms with Crippen LogP contribution in [0.1, 0.15) is 23.1 Å². The maximum Gasteiger partial charge on any atom is 0.253 e. The first-order chi connectivity index (χ1) is 11.8. The third-order valence-electron chi connectivity index (χ3n) is 3.50. The van der Waals surface area contributed by atoms with Gasteiger partial charge in [0, 0.05) is 6.42 Å². The monoisotopic (exact) mass is 376 g/mol. The number of thiophene rings is 1. The summed E-state index contributed by atoms with van der Waals surface area (Å²) in [6, 6.07) is 7.53. The third-order valence-corrected chi connectivity index (χ3v) is 6.27. The Labute approximate surface area is 150 Å². The summed E-state index contributed by atoms with van der Waals surface area (Å²) in [6.45, 7) is 0. The second-order valence-corrected chi connectivity index (χ2v) is 7.99. The van der Waals surface area contributed by atoms with E-state index in [0.29, 0.717) is 6.42 Å². The zero-order valence-corrected chi connectivity index (χ0v) is 14.8. The van der Waals surface area contributed by atoms with E-state index >= 15 is 0 Å². The molecule has 0 bridgehead atoms. The van der Waals surface area contributed by atoms with Crippen LogP contribution in [0.4, 0.5) is 0 Å². The minimum Gasteiger partial charge on any atom is -0.467 e. The zero-order chi connectivity index (χ0) is 16.4. The van der Waals surface area contributed by atoms with Crippen molar-refractivity contribution >= 4 is 46.1 Å². The highest BCUT2D eigenvalue weighted by molar-refractivity contribution is 8.01. The fraction of sp³-hybridized carbons (Fsp3) is 0.200. The van der Waals surface area contributed by atoms with Crippen LogP contribution in [-0.4, -0.2) is 32.6 Å². The predicted molar refractivity (Wildman–Crippen MR) is 94.4 cm³/mol. The molecule has 1 aliphatic heterocycles. The van der Waals surface area contributed by atoms with Crippen molar-refractivity contribution in [2.45, 2.75) is 16.8 Å². The van der Waals surface area contributed by atoms with Crippen molar-refractivity contribution < 1.29 is 9.21 Å². The summed E-state index contributed by atoms with van der Waals surface area (Å²) in [5.74, 6) is 0.955. The molecule has 1 aliphatic rings. The van der Waals surface area contributed by atoms with E-state index < -0.39 is 0 Å². The Morgan fingerprint density at radius 1 is 1.38 bits per heavy atom. The van der Waals surface area contributed by atoms with Gasteiger partial charge in [-0.2, -0.15) is 5.10 Å². The van der Waals surface area contributed by atoms with Crippen molar-refractivity contribution in [3.8, 4) is 0 Å². The molecule has 0 aliphatic carbocycles. The quantitative estimate of drug-likeness (QED) is 0.636. The van der Waals surface area contributed by atoms with Crippen LogP contribution in [0.2, 0.25) is 0 Å². The van der Waals surface area contributed by atoms with Gasteiger partial charge < -0.3 is 4.42 Å². The topological polar surface area (TPSA) is 71.6 Å². The highest BCUT2D eigenvalue weighted by atomic mass is 32.2. The molecule has 4 rings (SSSR count). The van der Waals surface area contributed by atoms with Gasteiger partial charge in [-0.15, -0.1) is 21.5 Å². The molecule has 1 atom stereocenters. The van der Waals surface area contributed by atoms with Crippen LogP contribution in [0.5, 0.6) is 0 Å². The molecule has 9 heteroatoms. The molecule has 0 N–H and O–H groups in total. The number of furan rings is 1. The van der Waals surface area contributed by atoms with E-state index in [2.05, 4.69) is 15.3 Å². The molecule has 0 aromatic carbocycles. The first-order valence-electron chi connectivity index (χ1n) is 7.17. The standard InChI is InChI=1S/C15H12N4O2S3/c20-14(8-23-15-17-16-9-24-15)19-11(12-3-1-5-21-12)7-10(18-19)13-4-2-6-22-13/h1-6,9,11H,7-8H2. The van der Waals surface area contributed by atoms with E-state index in [9.17, 15) is 4.79 Å². The van der Waals surface area contributed by atoms with Crippen molar-refractivity contribution in [2.24, 2.45) is 5.10 Å². The second-order valence-electron chi connectivity index (χ2n) is 4.99. The fourth-order valence-corrected chi connectivity index (χ4v) is 4.51. The minimum atomic E-state index is -0.195. The number of hydrazone groups is 1. The van der Waals surface area contributed by atoms with Gasteiger partial charge in [0.25, 0.3) is 5.91 Å². The average molecular weight is 376 g/mol. The van der Waals surface area contributed by atoms with Crippen LogP contribution in [0.25, 0.3) is 0 Å². The van der Waals surface area contributed by atoms with Gasteiger partial charge in [0.2, 0.25) is 0 Å². The molecule has 0 fully saturated rings. The lowest BCUT2D eigenvalue weighted by molar-refractivity contribution is -0.130. The van der Waals surface area contributed by atoms with Gasteiger partial charge in [0.05, 0.1) is 22.6 Å². The van der Waals surface area contributed by atoms with E-state index in [1.54, 1.807) is 28.1 Å². The van der Waals surface area contributed by atoms with Gasteiger partial charge in [-0.05, 0) is 23.6 Å². The van der Waals surface area contributed by atoms with E-state index in [4.69, 9.17) is 4.42 Å². The normalized spacial score (nSPS) is 17.2. The van der Waals surface area contributed by atoms with Crippen LogP contribution < -0.4 is 0 Å². The van der Waals surface area contributed by atoms with Crippen LogP contribution in [0, 0.1) is 0 Å². The fourth-order valence-electron chi connectivity index (χ4n) is 2.45. The SMILES string of the molecule is O=C(CSc1nncs1)N1N=C(c2cccs2)CC1c1ccco1. The average Bonchev–Trinajstić information content (AvgIpc) is 3.40. The smallest absolute Gasteiger partial charge is 0.253 e. The molecule has 6 nitrogen and oxygen atoms in total. The van der Waals surface area contributed by atoms with Crippen LogP contribution in [-0.2, 0) is 4.79 Å². The number of nitrogens with zero attached hydrogens (tertiary/aromatic N) is 4. The highest BCUT2D eigenvalue weighted by Crippen LogP contribution is 2.34. The molecule has 24 heavy (non-hydrogen) atoms. The van der Waals surface area contributed by atoms with Crippen LogP contribution in [0.15, 0.2) is 55.3 Å². The Balaban J connectivity index is 1.55. The molecule has 3 aromatic rings. The van der Waals surface area contributed by atoms with Gasteiger partial charge in [0.15, 0.2) is 4.34 Å². The lowest BCUT2D eigenvalue weighted by atomic mass is 10.1. The lowest BCUT2D eigenvalue weighted by Crippen LogP contribution is -2.28. The summed E-state index contributed by atoms with van der Waals surface area (Å²) < 4.78 is 6.30. The minimum absolute atomic E-state index is 0.0665. The molecule has 0 saturated carbocycles. The van der Waals surface area contributed by atoms with Crippen LogP contribution in [0.3, 0.4) is 0 Å².